The molecule has 0 spiro atoms. The second-order valence-electron chi connectivity index (χ2n) is 4.21. The smallest absolute Gasteiger partial charge is 0.308 e. The van der Waals surface area contributed by atoms with Gasteiger partial charge in [0, 0.05) is 12.6 Å². The largest absolute Gasteiger partial charge is 0.481 e. The molecule has 78 valence electrons. The number of nitrogens with zero attached hydrogens (tertiary/aromatic N) is 1. The second-order valence-corrected chi connectivity index (χ2v) is 4.21. The fourth-order valence-corrected chi connectivity index (χ4v) is 2.50. The summed E-state index contributed by atoms with van der Waals surface area (Å²) in [5, 5.41) is 8.88. The first-order valence-electron chi connectivity index (χ1n) is 4.81. The molecule has 1 aliphatic carbocycles. The van der Waals surface area contributed by atoms with Gasteiger partial charge in [0.15, 0.2) is 0 Å². The van der Waals surface area contributed by atoms with Crippen molar-refractivity contribution >= 4 is 11.9 Å². The van der Waals surface area contributed by atoms with Gasteiger partial charge in [-0.05, 0) is 19.3 Å². The third-order valence-electron chi connectivity index (χ3n) is 3.26. The highest BCUT2D eigenvalue weighted by atomic mass is 16.4. The molecule has 3 aliphatic rings. The molecule has 5 heteroatoms. The highest BCUT2D eigenvalue weighted by Gasteiger charge is 2.57. The molecule has 3 fully saturated rings. The van der Waals surface area contributed by atoms with Crippen molar-refractivity contribution in [3.8, 4) is 0 Å². The average molecular weight is 198 g/mol. The van der Waals surface area contributed by atoms with Crippen molar-refractivity contribution in [3.05, 3.63) is 0 Å². The monoisotopic (exact) mass is 198 g/mol. The van der Waals surface area contributed by atoms with Gasteiger partial charge in [0.2, 0.25) is 5.91 Å². The molecule has 0 aromatic rings. The lowest BCUT2D eigenvalue weighted by atomic mass is 9.74. The zero-order chi connectivity index (χ0) is 10.5. The van der Waals surface area contributed by atoms with Crippen LogP contribution in [0.2, 0.25) is 0 Å². The number of rotatable bonds is 2. The SMILES string of the molecule is C[C@H](N)C(=O)N1CC2CC1C2C(=O)O. The highest BCUT2D eigenvalue weighted by Crippen LogP contribution is 2.46. The molecule has 3 unspecified atom stereocenters. The van der Waals surface area contributed by atoms with Crippen LogP contribution in [0.25, 0.3) is 0 Å². The van der Waals surface area contributed by atoms with Crippen molar-refractivity contribution in [1.29, 1.82) is 0 Å². The molecule has 3 rings (SSSR count). The van der Waals surface area contributed by atoms with Crippen LogP contribution in [-0.4, -0.2) is 40.5 Å². The lowest BCUT2D eigenvalue weighted by Gasteiger charge is -2.33. The minimum absolute atomic E-state index is 0.101. The van der Waals surface area contributed by atoms with Gasteiger partial charge in [0.05, 0.1) is 12.0 Å². The molecule has 2 aliphatic heterocycles. The third kappa shape index (κ3) is 1.12. The normalized spacial score (nSPS) is 36.4. The van der Waals surface area contributed by atoms with Crippen LogP contribution in [0.4, 0.5) is 0 Å². The lowest BCUT2D eigenvalue weighted by Crippen LogP contribution is -2.48. The number of aliphatic carboxylic acids is 1. The molecule has 5 nitrogen and oxygen atoms in total. The topological polar surface area (TPSA) is 83.6 Å². The van der Waals surface area contributed by atoms with Crippen LogP contribution in [0.1, 0.15) is 13.3 Å². The van der Waals surface area contributed by atoms with Gasteiger partial charge in [0.25, 0.3) is 0 Å². The maximum absolute atomic E-state index is 11.6. The molecule has 14 heavy (non-hydrogen) atoms. The molecular weight excluding hydrogens is 184 g/mol. The van der Waals surface area contributed by atoms with Crippen LogP contribution < -0.4 is 5.73 Å². The fraction of sp³-hybridized carbons (Fsp3) is 0.778. The first kappa shape index (κ1) is 9.45. The van der Waals surface area contributed by atoms with Crippen LogP contribution in [0, 0.1) is 11.8 Å². The van der Waals surface area contributed by atoms with E-state index in [9.17, 15) is 9.59 Å². The number of fused-ring (bicyclic) bond motifs is 1. The molecule has 1 amide bonds. The molecule has 0 aromatic carbocycles. The van der Waals surface area contributed by atoms with E-state index in [1.807, 2.05) is 0 Å². The van der Waals surface area contributed by atoms with Gasteiger partial charge >= 0.3 is 5.97 Å². The van der Waals surface area contributed by atoms with Crippen molar-refractivity contribution in [2.45, 2.75) is 25.4 Å². The number of amides is 1. The Kier molecular flexibility index (Phi) is 1.99. The minimum atomic E-state index is -0.786. The number of hydrogen-bond acceptors (Lipinski definition) is 3. The van der Waals surface area contributed by atoms with Crippen LogP contribution >= 0.6 is 0 Å². The summed E-state index contributed by atoms with van der Waals surface area (Å²) in [6.07, 6.45) is 0.829. The van der Waals surface area contributed by atoms with Crippen LogP contribution in [0.15, 0.2) is 0 Å². The highest BCUT2D eigenvalue weighted by molar-refractivity contribution is 5.84. The van der Waals surface area contributed by atoms with E-state index in [0.29, 0.717) is 6.54 Å². The van der Waals surface area contributed by atoms with Gasteiger partial charge in [-0.2, -0.15) is 0 Å². The average Bonchev–Trinajstić information content (AvgIpc) is 2.57. The molecule has 2 bridgehead atoms. The number of hydrogen-bond donors (Lipinski definition) is 2. The molecule has 4 atom stereocenters. The van der Waals surface area contributed by atoms with Gasteiger partial charge in [0.1, 0.15) is 0 Å². The Balaban J connectivity index is 2.07. The molecule has 3 N–H and O–H groups in total. The van der Waals surface area contributed by atoms with E-state index < -0.39 is 12.0 Å². The number of carboxylic acid groups (broad SMARTS) is 1. The van der Waals surface area contributed by atoms with Crippen LogP contribution in [0.5, 0.6) is 0 Å². The maximum Gasteiger partial charge on any atom is 0.308 e. The number of carbonyl (C=O) groups excluding carboxylic acids is 1. The van der Waals surface area contributed by atoms with Crippen molar-refractivity contribution < 1.29 is 14.7 Å². The Hall–Kier alpha value is -1.10. The fourth-order valence-electron chi connectivity index (χ4n) is 2.50. The summed E-state index contributed by atoms with van der Waals surface area (Å²) < 4.78 is 0. The Bertz CT molecular complexity index is 290. The summed E-state index contributed by atoms with van der Waals surface area (Å²) in [5.74, 6) is -1.11. The quantitative estimate of drug-likeness (QED) is 0.612. The molecule has 2 heterocycles. The maximum atomic E-state index is 11.6. The van der Waals surface area contributed by atoms with Crippen molar-refractivity contribution in [2.75, 3.05) is 6.54 Å². The summed E-state index contributed by atoms with van der Waals surface area (Å²) >= 11 is 0. The zero-order valence-corrected chi connectivity index (χ0v) is 8.01. The minimum Gasteiger partial charge on any atom is -0.481 e. The summed E-state index contributed by atoms with van der Waals surface area (Å²) in [4.78, 5) is 24.0. The zero-order valence-electron chi connectivity index (χ0n) is 8.01. The van der Waals surface area contributed by atoms with E-state index in [0.717, 1.165) is 6.42 Å². The summed E-state index contributed by atoms with van der Waals surface area (Å²) in [6, 6.07) is -0.625. The van der Waals surface area contributed by atoms with E-state index in [-0.39, 0.29) is 23.8 Å². The summed E-state index contributed by atoms with van der Waals surface area (Å²) in [7, 11) is 0. The Labute approximate surface area is 81.9 Å². The van der Waals surface area contributed by atoms with E-state index >= 15 is 0 Å². The van der Waals surface area contributed by atoms with Crippen molar-refractivity contribution in [2.24, 2.45) is 17.6 Å². The van der Waals surface area contributed by atoms with E-state index in [1.165, 1.54) is 0 Å². The van der Waals surface area contributed by atoms with Gasteiger partial charge in [-0.3, -0.25) is 9.59 Å². The molecule has 1 saturated carbocycles. The summed E-state index contributed by atoms with van der Waals surface area (Å²) in [5.41, 5.74) is 5.48. The van der Waals surface area contributed by atoms with Crippen molar-refractivity contribution in [3.63, 3.8) is 0 Å². The molecule has 0 aromatic heterocycles. The number of carboxylic acids is 1. The van der Waals surface area contributed by atoms with Crippen molar-refractivity contribution in [1.82, 2.24) is 4.90 Å². The first-order valence-corrected chi connectivity index (χ1v) is 4.81. The van der Waals surface area contributed by atoms with Gasteiger partial charge in [-0.1, -0.05) is 0 Å². The Morgan fingerprint density at radius 3 is 2.64 bits per heavy atom. The van der Waals surface area contributed by atoms with E-state index in [4.69, 9.17) is 10.8 Å². The second kappa shape index (κ2) is 2.95. The molecule has 0 radical (unpaired) electrons. The van der Waals surface area contributed by atoms with Crippen LogP contribution in [0.3, 0.4) is 0 Å². The lowest BCUT2D eigenvalue weighted by molar-refractivity contribution is -0.148. The Morgan fingerprint density at radius 1 is 1.57 bits per heavy atom. The number of carbonyl (C=O) groups is 2. The Morgan fingerprint density at radius 2 is 2.21 bits per heavy atom. The summed E-state index contributed by atoms with van der Waals surface area (Å²) in [6.45, 7) is 2.20. The van der Waals surface area contributed by atoms with Gasteiger partial charge < -0.3 is 15.7 Å². The molecular formula is C9H14N2O3. The molecule has 2 saturated heterocycles. The predicted molar refractivity (Wildman–Crippen MR) is 48.4 cm³/mol. The number of nitrogens with two attached hydrogens (primary N) is 1. The van der Waals surface area contributed by atoms with Gasteiger partial charge in [-0.25, -0.2) is 0 Å². The standard InChI is InChI=1S/C9H14N2O3/c1-4(10)8(12)11-3-5-2-6(11)7(5)9(13)14/h4-7H,2-3,10H2,1H3,(H,13,14)/t4-,5?,6?,7?/m0/s1. The first-order chi connectivity index (χ1) is 6.52. The third-order valence-corrected chi connectivity index (χ3v) is 3.26. The predicted octanol–water partition coefficient (Wildman–Crippen LogP) is -0.735. The van der Waals surface area contributed by atoms with E-state index in [2.05, 4.69) is 0 Å². The van der Waals surface area contributed by atoms with Crippen LogP contribution in [-0.2, 0) is 9.59 Å². The van der Waals surface area contributed by atoms with E-state index in [1.54, 1.807) is 11.8 Å². The van der Waals surface area contributed by atoms with Gasteiger partial charge in [-0.15, -0.1) is 0 Å².